The van der Waals surface area contributed by atoms with Crippen LogP contribution in [-0.4, -0.2) is 41.3 Å². The summed E-state index contributed by atoms with van der Waals surface area (Å²) in [6, 6.07) is 11.7. The predicted octanol–water partition coefficient (Wildman–Crippen LogP) is 6.04. The average Bonchev–Trinajstić information content (AvgIpc) is 3.23. The molecule has 0 aliphatic carbocycles. The summed E-state index contributed by atoms with van der Waals surface area (Å²) in [5.74, 6) is -0.531. The Morgan fingerprint density at radius 1 is 1.24 bits per heavy atom. The molecule has 0 bridgehead atoms. The van der Waals surface area contributed by atoms with E-state index >= 15 is 0 Å². The van der Waals surface area contributed by atoms with Crippen LogP contribution in [0.1, 0.15) is 16.1 Å². The molecule has 0 aliphatic heterocycles. The molecule has 170 valence electrons. The van der Waals surface area contributed by atoms with Gasteiger partial charge in [0.2, 0.25) is 5.95 Å². The number of rotatable bonds is 9. The Morgan fingerprint density at radius 3 is 2.85 bits per heavy atom. The highest BCUT2D eigenvalue weighted by Crippen LogP contribution is 2.33. The summed E-state index contributed by atoms with van der Waals surface area (Å²) in [5.41, 5.74) is 2.17. The van der Waals surface area contributed by atoms with Gasteiger partial charge in [-0.25, -0.2) is 14.2 Å². The number of benzene rings is 2. The molecule has 2 heterocycles. The smallest absolute Gasteiger partial charge is 0.345 e. The lowest BCUT2D eigenvalue weighted by Crippen LogP contribution is -2.09. The van der Waals surface area contributed by atoms with Gasteiger partial charge in [-0.05, 0) is 53.8 Å². The molecule has 4 aromatic rings. The number of hydrogen-bond donors (Lipinski definition) is 3. The molecule has 0 amide bonds. The minimum absolute atomic E-state index is 0.000620. The number of methoxy groups -OCH3 is 1. The molecule has 2 aromatic carbocycles. The van der Waals surface area contributed by atoms with Crippen molar-refractivity contribution in [3.63, 3.8) is 0 Å². The SMILES string of the molecule is COCCCNc1nc(Nc2ccc(F)c(Cl)c2)ncc1-c1ccc2sc(C(=O)O)cc2c1. The van der Waals surface area contributed by atoms with Crippen molar-refractivity contribution in [1.82, 2.24) is 9.97 Å². The van der Waals surface area contributed by atoms with E-state index in [4.69, 9.17) is 16.3 Å². The summed E-state index contributed by atoms with van der Waals surface area (Å²) in [7, 11) is 1.65. The number of anilines is 3. The van der Waals surface area contributed by atoms with Gasteiger partial charge in [0, 0.05) is 42.4 Å². The summed E-state index contributed by atoms with van der Waals surface area (Å²) in [6.45, 7) is 1.23. The zero-order valence-corrected chi connectivity index (χ0v) is 19.1. The van der Waals surface area contributed by atoms with Gasteiger partial charge in [-0.1, -0.05) is 17.7 Å². The maximum Gasteiger partial charge on any atom is 0.345 e. The van der Waals surface area contributed by atoms with E-state index in [1.165, 1.54) is 23.5 Å². The van der Waals surface area contributed by atoms with Gasteiger partial charge in [0.05, 0.1) is 5.02 Å². The molecule has 0 saturated carbocycles. The van der Waals surface area contributed by atoms with Crippen LogP contribution >= 0.6 is 22.9 Å². The standard InChI is InChI=1S/C23H20ClFN4O3S/c1-32-8-2-7-26-21-16(13-3-6-19-14(9-13)10-20(33-19)22(30)31)12-27-23(29-21)28-15-4-5-18(25)17(24)11-15/h3-6,9-12H,2,7-8H2,1H3,(H,30,31)(H2,26,27,28,29). The third-order valence-corrected chi connectivity index (χ3v) is 6.21. The van der Waals surface area contributed by atoms with E-state index in [0.717, 1.165) is 27.6 Å². The highest BCUT2D eigenvalue weighted by molar-refractivity contribution is 7.20. The third-order valence-electron chi connectivity index (χ3n) is 4.82. The van der Waals surface area contributed by atoms with Crippen LogP contribution in [0.5, 0.6) is 0 Å². The molecule has 2 aromatic heterocycles. The highest BCUT2D eigenvalue weighted by atomic mass is 35.5. The molecule has 0 saturated heterocycles. The van der Waals surface area contributed by atoms with Crippen LogP contribution < -0.4 is 10.6 Å². The topological polar surface area (TPSA) is 96.4 Å². The summed E-state index contributed by atoms with van der Waals surface area (Å²) >= 11 is 7.10. The van der Waals surface area contributed by atoms with Crippen LogP contribution in [-0.2, 0) is 4.74 Å². The fraction of sp³-hybridized carbons (Fsp3) is 0.174. The quantitative estimate of drug-likeness (QED) is 0.248. The number of carboxylic acids is 1. The molecular weight excluding hydrogens is 467 g/mol. The van der Waals surface area contributed by atoms with E-state index in [2.05, 4.69) is 20.6 Å². The second-order valence-corrected chi connectivity index (χ2v) is 8.64. The van der Waals surface area contributed by atoms with E-state index in [1.54, 1.807) is 25.4 Å². The number of aromatic carboxylic acids is 1. The zero-order chi connectivity index (χ0) is 23.4. The monoisotopic (exact) mass is 486 g/mol. The Balaban J connectivity index is 1.67. The van der Waals surface area contributed by atoms with Crippen LogP contribution in [0, 0.1) is 5.82 Å². The highest BCUT2D eigenvalue weighted by Gasteiger charge is 2.13. The Bertz CT molecular complexity index is 1310. The number of thiophene rings is 1. The molecule has 0 radical (unpaired) electrons. The molecule has 10 heteroatoms. The Kier molecular flexibility index (Phi) is 7.02. The van der Waals surface area contributed by atoms with E-state index in [1.807, 2.05) is 18.2 Å². The summed E-state index contributed by atoms with van der Waals surface area (Å²) in [6.07, 6.45) is 2.46. The molecule has 7 nitrogen and oxygen atoms in total. The molecular formula is C23H20ClFN4O3S. The number of aromatic nitrogens is 2. The number of nitrogens with zero attached hydrogens (tertiary/aromatic N) is 2. The maximum absolute atomic E-state index is 13.5. The van der Waals surface area contributed by atoms with Gasteiger partial charge >= 0.3 is 5.97 Å². The van der Waals surface area contributed by atoms with Gasteiger partial charge in [-0.3, -0.25) is 0 Å². The summed E-state index contributed by atoms with van der Waals surface area (Å²) in [4.78, 5) is 20.6. The summed E-state index contributed by atoms with van der Waals surface area (Å²) < 4.78 is 19.5. The lowest BCUT2D eigenvalue weighted by Gasteiger charge is -2.13. The normalized spacial score (nSPS) is 11.0. The van der Waals surface area contributed by atoms with Crippen molar-refractivity contribution in [2.24, 2.45) is 0 Å². The Labute approximate surface area is 198 Å². The first-order valence-corrected chi connectivity index (χ1v) is 11.2. The van der Waals surface area contributed by atoms with E-state index in [-0.39, 0.29) is 9.90 Å². The number of nitrogens with one attached hydrogen (secondary N) is 2. The Morgan fingerprint density at radius 2 is 2.09 bits per heavy atom. The van der Waals surface area contributed by atoms with Crippen molar-refractivity contribution in [1.29, 1.82) is 0 Å². The molecule has 4 rings (SSSR count). The van der Waals surface area contributed by atoms with Crippen molar-refractivity contribution < 1.29 is 19.0 Å². The Hall–Kier alpha value is -3.27. The lowest BCUT2D eigenvalue weighted by atomic mass is 10.1. The first-order valence-electron chi connectivity index (χ1n) is 10.0. The van der Waals surface area contributed by atoms with Crippen LogP contribution in [0.4, 0.5) is 21.8 Å². The number of carbonyl (C=O) groups is 1. The fourth-order valence-electron chi connectivity index (χ4n) is 3.23. The van der Waals surface area contributed by atoms with Crippen molar-refractivity contribution in [3.8, 4) is 11.1 Å². The number of halogens is 2. The van der Waals surface area contributed by atoms with Gasteiger partial charge in [0.25, 0.3) is 0 Å². The lowest BCUT2D eigenvalue weighted by molar-refractivity contribution is 0.0702. The summed E-state index contributed by atoms with van der Waals surface area (Å²) in [5, 5.41) is 16.5. The van der Waals surface area contributed by atoms with Crippen LogP contribution in [0.15, 0.2) is 48.7 Å². The van der Waals surface area contributed by atoms with Crippen molar-refractivity contribution >= 4 is 56.4 Å². The third kappa shape index (κ3) is 5.39. The van der Waals surface area contributed by atoms with Crippen molar-refractivity contribution in [3.05, 3.63) is 64.4 Å². The van der Waals surface area contributed by atoms with Gasteiger partial charge < -0.3 is 20.5 Å². The molecule has 33 heavy (non-hydrogen) atoms. The van der Waals surface area contributed by atoms with Gasteiger partial charge in [-0.15, -0.1) is 11.3 Å². The second-order valence-electron chi connectivity index (χ2n) is 7.15. The number of carboxylic acid groups (broad SMARTS) is 1. The fourth-order valence-corrected chi connectivity index (χ4v) is 4.29. The zero-order valence-electron chi connectivity index (χ0n) is 17.6. The van der Waals surface area contributed by atoms with Crippen molar-refractivity contribution in [2.75, 3.05) is 30.9 Å². The van der Waals surface area contributed by atoms with E-state index < -0.39 is 11.8 Å². The number of hydrogen-bond acceptors (Lipinski definition) is 7. The van der Waals surface area contributed by atoms with Crippen LogP contribution in [0.3, 0.4) is 0 Å². The van der Waals surface area contributed by atoms with Crippen LogP contribution in [0.25, 0.3) is 21.2 Å². The van der Waals surface area contributed by atoms with Crippen molar-refractivity contribution in [2.45, 2.75) is 6.42 Å². The van der Waals surface area contributed by atoms with Gasteiger partial charge in [0.15, 0.2) is 0 Å². The molecule has 0 aliphatic rings. The van der Waals surface area contributed by atoms with Gasteiger partial charge in [-0.2, -0.15) is 4.98 Å². The average molecular weight is 487 g/mol. The van der Waals surface area contributed by atoms with E-state index in [0.29, 0.717) is 30.6 Å². The first kappa shape index (κ1) is 22.9. The molecule has 0 spiro atoms. The first-order chi connectivity index (χ1) is 15.9. The maximum atomic E-state index is 13.5. The minimum Gasteiger partial charge on any atom is -0.477 e. The molecule has 0 unspecified atom stereocenters. The number of ether oxygens (including phenoxy) is 1. The van der Waals surface area contributed by atoms with Gasteiger partial charge in [0.1, 0.15) is 16.5 Å². The second kappa shape index (κ2) is 10.1. The molecule has 3 N–H and O–H groups in total. The molecule has 0 atom stereocenters. The minimum atomic E-state index is -0.946. The predicted molar refractivity (Wildman–Crippen MR) is 129 cm³/mol. The number of fused-ring (bicyclic) bond motifs is 1. The van der Waals surface area contributed by atoms with E-state index in [9.17, 15) is 14.3 Å². The van der Waals surface area contributed by atoms with Crippen LogP contribution in [0.2, 0.25) is 5.02 Å². The molecule has 0 fully saturated rings. The largest absolute Gasteiger partial charge is 0.477 e.